The number of fused-ring (bicyclic) bond motifs is 1. The van der Waals surface area contributed by atoms with E-state index >= 15 is 0 Å². The number of halogens is 2. The van der Waals surface area contributed by atoms with Crippen molar-refractivity contribution in [3.05, 3.63) is 46.2 Å². The Labute approximate surface area is 107 Å². The van der Waals surface area contributed by atoms with E-state index in [0.29, 0.717) is 22.3 Å². The normalized spacial score (nSPS) is 13.9. The van der Waals surface area contributed by atoms with Crippen LogP contribution >= 0.6 is 23.2 Å². The summed E-state index contributed by atoms with van der Waals surface area (Å²) in [6.45, 7) is 0.510. The zero-order chi connectivity index (χ0) is 11.8. The van der Waals surface area contributed by atoms with E-state index < -0.39 is 0 Å². The molecule has 0 fully saturated rings. The maximum atomic E-state index is 6.13. The van der Waals surface area contributed by atoms with E-state index in [4.69, 9.17) is 23.2 Å². The first-order valence-corrected chi connectivity index (χ1v) is 5.67. The van der Waals surface area contributed by atoms with Crippen molar-refractivity contribution in [2.75, 3.05) is 5.12 Å². The Hall–Kier alpha value is -1.59. The Morgan fingerprint density at radius 1 is 1.24 bits per heavy atom. The van der Waals surface area contributed by atoms with Crippen LogP contribution in [0.3, 0.4) is 0 Å². The zero-order valence-electron chi connectivity index (χ0n) is 8.59. The second-order valence-corrected chi connectivity index (χ2v) is 4.38. The van der Waals surface area contributed by atoms with Crippen molar-refractivity contribution in [2.45, 2.75) is 6.54 Å². The molecule has 0 spiro atoms. The Morgan fingerprint density at radius 3 is 2.88 bits per heavy atom. The molecule has 86 valence electrons. The van der Waals surface area contributed by atoms with Crippen molar-refractivity contribution in [2.24, 2.45) is 10.3 Å². The van der Waals surface area contributed by atoms with E-state index in [1.54, 1.807) is 34.4 Å². The van der Waals surface area contributed by atoms with Gasteiger partial charge in [0.05, 0.1) is 24.6 Å². The van der Waals surface area contributed by atoms with Crippen LogP contribution < -0.4 is 5.12 Å². The van der Waals surface area contributed by atoms with Crippen molar-refractivity contribution in [1.82, 2.24) is 9.89 Å². The van der Waals surface area contributed by atoms with Crippen molar-refractivity contribution < 1.29 is 0 Å². The van der Waals surface area contributed by atoms with Crippen molar-refractivity contribution in [3.63, 3.8) is 0 Å². The molecule has 0 unspecified atom stereocenters. The van der Waals surface area contributed by atoms with Gasteiger partial charge in [-0.25, -0.2) is 0 Å². The molecule has 1 aliphatic rings. The largest absolute Gasteiger partial charge is 0.162 e. The highest BCUT2D eigenvalue weighted by Gasteiger charge is 2.18. The molecule has 0 radical (unpaired) electrons. The van der Waals surface area contributed by atoms with Crippen molar-refractivity contribution >= 4 is 28.9 Å². The standard InChI is InChI=1S/C10H7Cl2N5/c11-7-4-9(12)8-6-17(15-14-10(8)5-7)16-3-1-2-13-16/h1-5H,6H2. The van der Waals surface area contributed by atoms with E-state index in [9.17, 15) is 0 Å². The quantitative estimate of drug-likeness (QED) is 0.796. The highest BCUT2D eigenvalue weighted by molar-refractivity contribution is 6.35. The molecule has 5 nitrogen and oxygen atoms in total. The summed E-state index contributed by atoms with van der Waals surface area (Å²) in [6, 6.07) is 5.26. The van der Waals surface area contributed by atoms with Gasteiger partial charge < -0.3 is 0 Å². The zero-order valence-corrected chi connectivity index (χ0v) is 10.1. The first-order chi connectivity index (χ1) is 8.24. The number of benzene rings is 1. The van der Waals surface area contributed by atoms with Crippen LogP contribution in [-0.4, -0.2) is 9.89 Å². The molecule has 17 heavy (non-hydrogen) atoms. The van der Waals surface area contributed by atoms with Gasteiger partial charge in [0, 0.05) is 15.6 Å². The minimum absolute atomic E-state index is 0.510. The molecule has 7 heteroatoms. The number of rotatable bonds is 1. The Morgan fingerprint density at radius 2 is 2.12 bits per heavy atom. The van der Waals surface area contributed by atoms with Crippen LogP contribution in [-0.2, 0) is 6.54 Å². The first kappa shape index (κ1) is 10.6. The van der Waals surface area contributed by atoms with Crippen LogP contribution in [0.15, 0.2) is 40.9 Å². The maximum Gasteiger partial charge on any atom is 0.0956 e. The number of hydrogen-bond acceptors (Lipinski definition) is 4. The molecule has 2 heterocycles. The third-order valence-electron chi connectivity index (χ3n) is 2.42. The lowest BCUT2D eigenvalue weighted by molar-refractivity contribution is 0.514. The molecule has 0 aliphatic carbocycles. The van der Waals surface area contributed by atoms with Crippen LogP contribution in [0.2, 0.25) is 10.0 Å². The summed E-state index contributed by atoms with van der Waals surface area (Å²) in [5.74, 6) is 0. The third kappa shape index (κ3) is 1.87. The predicted molar refractivity (Wildman–Crippen MR) is 65.1 cm³/mol. The average Bonchev–Trinajstić information content (AvgIpc) is 2.82. The molecule has 1 aromatic carbocycles. The van der Waals surface area contributed by atoms with E-state index in [-0.39, 0.29) is 0 Å². The number of aromatic nitrogens is 2. The summed E-state index contributed by atoms with van der Waals surface area (Å²) < 4.78 is 0. The minimum atomic E-state index is 0.510. The van der Waals surface area contributed by atoms with E-state index in [0.717, 1.165) is 5.56 Å². The van der Waals surface area contributed by atoms with E-state index in [1.165, 1.54) is 0 Å². The van der Waals surface area contributed by atoms with Crippen molar-refractivity contribution in [1.29, 1.82) is 0 Å². The molecule has 0 saturated carbocycles. The van der Waals surface area contributed by atoms with Gasteiger partial charge in [0.1, 0.15) is 0 Å². The first-order valence-electron chi connectivity index (χ1n) is 4.91. The topological polar surface area (TPSA) is 45.8 Å². The van der Waals surface area contributed by atoms with Gasteiger partial charge in [-0.15, -0.1) is 5.11 Å². The lowest BCUT2D eigenvalue weighted by atomic mass is 10.2. The summed E-state index contributed by atoms with van der Waals surface area (Å²) in [5, 5.41) is 14.9. The fourth-order valence-corrected chi connectivity index (χ4v) is 2.16. The molecule has 0 N–H and O–H groups in total. The predicted octanol–water partition coefficient (Wildman–Crippen LogP) is 3.34. The average molecular weight is 268 g/mol. The number of hydrogen-bond donors (Lipinski definition) is 0. The van der Waals surface area contributed by atoms with Gasteiger partial charge in [-0.05, 0) is 23.4 Å². The molecule has 0 bridgehead atoms. The molecular weight excluding hydrogens is 261 g/mol. The molecule has 0 saturated heterocycles. The molecule has 0 atom stereocenters. The Kier molecular flexibility index (Phi) is 2.49. The lowest BCUT2D eigenvalue weighted by Crippen LogP contribution is -2.30. The van der Waals surface area contributed by atoms with E-state index in [1.807, 2.05) is 6.07 Å². The highest BCUT2D eigenvalue weighted by atomic mass is 35.5. The summed E-state index contributed by atoms with van der Waals surface area (Å²) in [4.78, 5) is 1.59. The van der Waals surface area contributed by atoms with Gasteiger partial charge in [-0.1, -0.05) is 23.2 Å². The molecule has 2 aromatic rings. The minimum Gasteiger partial charge on any atom is -0.162 e. The number of nitrogens with zero attached hydrogens (tertiary/aromatic N) is 5. The SMILES string of the molecule is Clc1cc(Cl)c2c(c1)N=NN(n1cccn1)C2. The summed E-state index contributed by atoms with van der Waals surface area (Å²) >= 11 is 12.0. The molecular formula is C10H7Cl2N5. The lowest BCUT2D eigenvalue weighted by Gasteiger charge is -2.22. The second-order valence-electron chi connectivity index (χ2n) is 3.53. The molecule has 1 aliphatic heterocycles. The summed E-state index contributed by atoms with van der Waals surface area (Å²) in [5.41, 5.74) is 1.59. The maximum absolute atomic E-state index is 6.13. The molecule has 1 aromatic heterocycles. The summed E-state index contributed by atoms with van der Waals surface area (Å²) in [6.07, 6.45) is 3.46. The van der Waals surface area contributed by atoms with Crippen LogP contribution in [0.4, 0.5) is 5.69 Å². The van der Waals surface area contributed by atoms with Crippen molar-refractivity contribution in [3.8, 4) is 0 Å². The van der Waals surface area contributed by atoms with Crippen LogP contribution in [0.25, 0.3) is 0 Å². The molecule has 0 amide bonds. The van der Waals surface area contributed by atoms with Gasteiger partial charge in [0.2, 0.25) is 0 Å². The van der Waals surface area contributed by atoms with Gasteiger partial charge in [0.25, 0.3) is 0 Å². The second kappa shape index (κ2) is 4.01. The summed E-state index contributed by atoms with van der Waals surface area (Å²) in [7, 11) is 0. The smallest absolute Gasteiger partial charge is 0.0956 e. The van der Waals surface area contributed by atoms with Gasteiger partial charge in [-0.2, -0.15) is 15.0 Å². The van der Waals surface area contributed by atoms with Crippen LogP contribution in [0.1, 0.15) is 5.56 Å². The van der Waals surface area contributed by atoms with Gasteiger partial charge in [-0.3, -0.25) is 0 Å². The Bertz CT molecular complexity index is 579. The highest BCUT2D eigenvalue weighted by Crippen LogP contribution is 2.34. The third-order valence-corrected chi connectivity index (χ3v) is 2.97. The Balaban J connectivity index is 2.01. The van der Waals surface area contributed by atoms with E-state index in [2.05, 4.69) is 15.4 Å². The van der Waals surface area contributed by atoms with Crippen LogP contribution in [0, 0.1) is 0 Å². The fraction of sp³-hybridized carbons (Fsp3) is 0.100. The van der Waals surface area contributed by atoms with Gasteiger partial charge >= 0.3 is 0 Å². The molecule has 3 rings (SSSR count). The monoisotopic (exact) mass is 267 g/mol. The fourth-order valence-electron chi connectivity index (χ4n) is 1.62. The van der Waals surface area contributed by atoms with Crippen LogP contribution in [0.5, 0.6) is 0 Å². The van der Waals surface area contributed by atoms with Gasteiger partial charge in [0.15, 0.2) is 0 Å².